The number of primary amides is 1. The molecule has 1 saturated heterocycles. The number of pyridine rings is 1. The third-order valence-corrected chi connectivity index (χ3v) is 4.62. The summed E-state index contributed by atoms with van der Waals surface area (Å²) < 4.78 is 0. The van der Waals surface area contributed by atoms with Crippen LogP contribution in [0.5, 0.6) is 0 Å². The van der Waals surface area contributed by atoms with E-state index in [9.17, 15) is 9.59 Å². The lowest BCUT2D eigenvalue weighted by atomic mass is 9.96. The fourth-order valence-corrected chi connectivity index (χ4v) is 3.26. The number of hydrogen-bond donors (Lipinski definition) is 2. The summed E-state index contributed by atoms with van der Waals surface area (Å²) in [5.74, 6) is -0.548. The van der Waals surface area contributed by atoms with Gasteiger partial charge in [-0.2, -0.15) is 0 Å². The average Bonchev–Trinajstić information content (AvgIpc) is 3.03. The number of piperidine rings is 1. The highest BCUT2D eigenvalue weighted by Gasteiger charge is 2.28. The molecule has 2 amide bonds. The molecule has 1 aliphatic heterocycles. The molecule has 0 aromatic carbocycles. The largest absolute Gasteiger partial charge is 0.369 e. The summed E-state index contributed by atoms with van der Waals surface area (Å²) in [5.41, 5.74) is 8.17. The van der Waals surface area contributed by atoms with Crippen molar-refractivity contribution in [2.45, 2.75) is 12.8 Å². The van der Waals surface area contributed by atoms with E-state index in [0.29, 0.717) is 36.6 Å². The highest BCUT2D eigenvalue weighted by atomic mass is 32.1. The van der Waals surface area contributed by atoms with Crippen LogP contribution in [-0.2, 0) is 4.79 Å². The number of anilines is 2. The van der Waals surface area contributed by atoms with Crippen molar-refractivity contribution >= 4 is 33.8 Å². The quantitative estimate of drug-likeness (QED) is 0.886. The standard InChI is InChI=1S/C15H17N5O2S/c16-13(21)10-3-6-20(7-4-10)15(22)12-14(23-9-18-12)19-11-2-1-5-17-8-11/h1-2,5,8-10,19H,3-4,6-7H2,(H2,16,21). The molecule has 2 aromatic rings. The smallest absolute Gasteiger partial charge is 0.275 e. The zero-order valence-corrected chi connectivity index (χ0v) is 13.3. The van der Waals surface area contributed by atoms with Crippen molar-refractivity contribution < 1.29 is 9.59 Å². The maximum Gasteiger partial charge on any atom is 0.275 e. The molecule has 0 saturated carbocycles. The first-order valence-corrected chi connectivity index (χ1v) is 8.22. The molecule has 8 heteroatoms. The topological polar surface area (TPSA) is 101 Å². The first-order chi connectivity index (χ1) is 11.1. The van der Waals surface area contributed by atoms with Crippen molar-refractivity contribution in [3.63, 3.8) is 0 Å². The average molecular weight is 331 g/mol. The first kappa shape index (κ1) is 15.4. The van der Waals surface area contributed by atoms with Crippen molar-refractivity contribution in [2.24, 2.45) is 11.7 Å². The summed E-state index contributed by atoms with van der Waals surface area (Å²) in [6.45, 7) is 1.05. The lowest BCUT2D eigenvalue weighted by Gasteiger charge is -2.30. The van der Waals surface area contributed by atoms with Gasteiger partial charge in [0.2, 0.25) is 5.91 Å². The number of nitrogens with one attached hydrogen (secondary N) is 1. The van der Waals surface area contributed by atoms with Gasteiger partial charge in [0.15, 0.2) is 5.69 Å². The van der Waals surface area contributed by atoms with Gasteiger partial charge in [0.25, 0.3) is 5.91 Å². The minimum Gasteiger partial charge on any atom is -0.369 e. The number of thiazole rings is 1. The monoisotopic (exact) mass is 331 g/mol. The Kier molecular flexibility index (Phi) is 4.52. The Balaban J connectivity index is 1.69. The molecule has 0 aliphatic carbocycles. The summed E-state index contributed by atoms with van der Waals surface area (Å²) in [4.78, 5) is 33.8. The zero-order chi connectivity index (χ0) is 16.2. The van der Waals surface area contributed by atoms with Crippen molar-refractivity contribution in [3.05, 3.63) is 35.7 Å². The van der Waals surface area contributed by atoms with E-state index in [2.05, 4.69) is 15.3 Å². The summed E-state index contributed by atoms with van der Waals surface area (Å²) in [5, 5.41) is 3.87. The summed E-state index contributed by atoms with van der Waals surface area (Å²) in [7, 11) is 0. The van der Waals surface area contributed by atoms with E-state index >= 15 is 0 Å². The molecule has 1 aliphatic rings. The molecule has 3 rings (SSSR count). The summed E-state index contributed by atoms with van der Waals surface area (Å²) in [6.07, 6.45) is 4.59. The van der Waals surface area contributed by atoms with Crippen LogP contribution in [0.1, 0.15) is 23.3 Å². The van der Waals surface area contributed by atoms with Crippen LogP contribution in [0.15, 0.2) is 30.0 Å². The van der Waals surface area contributed by atoms with Gasteiger partial charge in [-0.25, -0.2) is 4.98 Å². The van der Waals surface area contributed by atoms with Crippen LogP contribution >= 0.6 is 11.3 Å². The van der Waals surface area contributed by atoms with Gasteiger partial charge in [-0.1, -0.05) is 0 Å². The van der Waals surface area contributed by atoms with Crippen LogP contribution < -0.4 is 11.1 Å². The predicted octanol–water partition coefficient (Wildman–Crippen LogP) is 1.62. The minimum atomic E-state index is -0.287. The molecule has 0 atom stereocenters. The Morgan fingerprint density at radius 3 is 2.78 bits per heavy atom. The van der Waals surface area contributed by atoms with Gasteiger partial charge >= 0.3 is 0 Å². The molecule has 3 N–H and O–H groups in total. The molecule has 7 nitrogen and oxygen atoms in total. The second-order valence-electron chi connectivity index (χ2n) is 5.37. The van der Waals surface area contributed by atoms with Gasteiger partial charge < -0.3 is 16.0 Å². The van der Waals surface area contributed by atoms with Crippen LogP contribution in [0.2, 0.25) is 0 Å². The highest BCUT2D eigenvalue weighted by molar-refractivity contribution is 7.14. The number of likely N-dealkylation sites (tertiary alicyclic amines) is 1. The Morgan fingerprint density at radius 2 is 2.13 bits per heavy atom. The molecule has 23 heavy (non-hydrogen) atoms. The highest BCUT2D eigenvalue weighted by Crippen LogP contribution is 2.27. The van der Waals surface area contributed by atoms with Crippen LogP contribution in [0.25, 0.3) is 0 Å². The molecule has 0 spiro atoms. The maximum atomic E-state index is 12.6. The van der Waals surface area contributed by atoms with E-state index in [1.54, 1.807) is 22.8 Å². The van der Waals surface area contributed by atoms with Crippen LogP contribution in [0.4, 0.5) is 10.7 Å². The predicted molar refractivity (Wildman–Crippen MR) is 87.5 cm³/mol. The number of nitrogens with zero attached hydrogens (tertiary/aromatic N) is 3. The molecular formula is C15H17N5O2S. The normalized spacial score (nSPS) is 15.4. The van der Waals surface area contributed by atoms with Crippen LogP contribution in [-0.4, -0.2) is 39.8 Å². The molecule has 0 bridgehead atoms. The van der Waals surface area contributed by atoms with Gasteiger partial charge in [-0.05, 0) is 25.0 Å². The third kappa shape index (κ3) is 3.48. The number of aromatic nitrogens is 2. The van der Waals surface area contributed by atoms with Gasteiger partial charge in [-0.15, -0.1) is 11.3 Å². The van der Waals surface area contributed by atoms with Gasteiger partial charge in [0.1, 0.15) is 5.00 Å². The van der Waals surface area contributed by atoms with Crippen LogP contribution in [0, 0.1) is 5.92 Å². The lowest BCUT2D eigenvalue weighted by Crippen LogP contribution is -2.42. The van der Waals surface area contributed by atoms with Crippen molar-refractivity contribution in [1.82, 2.24) is 14.9 Å². The zero-order valence-electron chi connectivity index (χ0n) is 12.4. The fourth-order valence-electron chi connectivity index (χ4n) is 2.57. The van der Waals surface area contributed by atoms with E-state index in [0.717, 1.165) is 5.69 Å². The molecule has 2 aromatic heterocycles. The van der Waals surface area contributed by atoms with Gasteiger partial charge in [0.05, 0.1) is 17.4 Å². The van der Waals surface area contributed by atoms with E-state index in [1.165, 1.54) is 11.3 Å². The van der Waals surface area contributed by atoms with Crippen molar-refractivity contribution in [1.29, 1.82) is 0 Å². The third-order valence-electron chi connectivity index (χ3n) is 3.87. The van der Waals surface area contributed by atoms with Crippen LogP contribution in [0.3, 0.4) is 0 Å². The fraction of sp³-hybridized carbons (Fsp3) is 0.333. The van der Waals surface area contributed by atoms with Gasteiger partial charge in [0, 0.05) is 25.2 Å². The number of rotatable bonds is 4. The Labute approximate surface area is 137 Å². The lowest BCUT2D eigenvalue weighted by molar-refractivity contribution is -0.123. The Morgan fingerprint density at radius 1 is 1.35 bits per heavy atom. The number of carbonyl (C=O) groups excluding carboxylic acids is 2. The second kappa shape index (κ2) is 6.74. The SMILES string of the molecule is NC(=O)C1CCN(C(=O)c2ncsc2Nc2cccnc2)CC1. The summed E-state index contributed by atoms with van der Waals surface area (Å²) in [6, 6.07) is 3.69. The Hall–Kier alpha value is -2.48. The van der Waals surface area contributed by atoms with E-state index in [4.69, 9.17) is 5.73 Å². The summed E-state index contributed by atoms with van der Waals surface area (Å²) >= 11 is 1.37. The molecule has 0 unspecified atom stereocenters. The molecular weight excluding hydrogens is 314 g/mol. The van der Waals surface area contributed by atoms with Crippen molar-refractivity contribution in [3.8, 4) is 0 Å². The van der Waals surface area contributed by atoms with E-state index in [1.807, 2.05) is 12.1 Å². The molecule has 0 radical (unpaired) electrons. The Bertz CT molecular complexity index is 695. The molecule has 1 fully saturated rings. The minimum absolute atomic E-state index is 0.124. The second-order valence-corrected chi connectivity index (χ2v) is 6.22. The van der Waals surface area contributed by atoms with Crippen molar-refractivity contribution in [2.75, 3.05) is 18.4 Å². The van der Waals surface area contributed by atoms with E-state index < -0.39 is 0 Å². The maximum absolute atomic E-state index is 12.6. The van der Waals surface area contributed by atoms with Gasteiger partial charge in [-0.3, -0.25) is 14.6 Å². The number of hydrogen-bond acceptors (Lipinski definition) is 6. The number of nitrogens with two attached hydrogens (primary N) is 1. The number of carbonyl (C=O) groups is 2. The first-order valence-electron chi connectivity index (χ1n) is 7.34. The van der Waals surface area contributed by atoms with E-state index in [-0.39, 0.29) is 17.7 Å². The molecule has 120 valence electrons. The number of amides is 2. The molecule has 3 heterocycles.